The zero-order chi connectivity index (χ0) is 18.7. The van der Waals surface area contributed by atoms with Gasteiger partial charge < -0.3 is 10.6 Å². The number of halogens is 1. The van der Waals surface area contributed by atoms with Gasteiger partial charge in [0.1, 0.15) is 5.02 Å². The summed E-state index contributed by atoms with van der Waals surface area (Å²) in [6, 6.07) is -0.168. The van der Waals surface area contributed by atoms with E-state index in [2.05, 4.69) is 32.3 Å². The van der Waals surface area contributed by atoms with Crippen molar-refractivity contribution in [3.8, 4) is 0 Å². The fourth-order valence-electron chi connectivity index (χ4n) is 2.82. The van der Waals surface area contributed by atoms with E-state index in [9.17, 15) is 8.42 Å². The zero-order valence-corrected chi connectivity index (χ0v) is 15.8. The first-order chi connectivity index (χ1) is 12.4. The summed E-state index contributed by atoms with van der Waals surface area (Å²) in [5.41, 5.74) is 0.750. The van der Waals surface area contributed by atoms with E-state index in [1.807, 2.05) is 7.05 Å². The molecule has 11 heteroatoms. The Morgan fingerprint density at radius 2 is 2.27 bits per heavy atom. The van der Waals surface area contributed by atoms with E-state index < -0.39 is 10.0 Å². The summed E-state index contributed by atoms with van der Waals surface area (Å²) in [5.74, 6) is 0.808. The largest absolute Gasteiger partial charge is 0.367 e. The molecular weight excluding hydrogens is 378 g/mol. The molecule has 0 aliphatic carbocycles. The summed E-state index contributed by atoms with van der Waals surface area (Å²) in [7, 11) is -1.63. The maximum absolute atomic E-state index is 12.1. The van der Waals surface area contributed by atoms with Crippen molar-refractivity contribution in [1.29, 1.82) is 0 Å². The van der Waals surface area contributed by atoms with Gasteiger partial charge in [0, 0.05) is 37.8 Å². The van der Waals surface area contributed by atoms with E-state index in [4.69, 9.17) is 11.6 Å². The van der Waals surface area contributed by atoms with E-state index >= 15 is 0 Å². The van der Waals surface area contributed by atoms with Crippen LogP contribution in [0.25, 0.3) is 0 Å². The van der Waals surface area contributed by atoms with E-state index in [1.165, 1.54) is 10.5 Å². The predicted octanol–water partition coefficient (Wildman–Crippen LogP) is 1.96. The van der Waals surface area contributed by atoms with Crippen molar-refractivity contribution in [2.75, 3.05) is 23.7 Å². The fourth-order valence-corrected chi connectivity index (χ4v) is 4.15. The van der Waals surface area contributed by atoms with Crippen LogP contribution >= 0.6 is 11.6 Å². The Morgan fingerprint density at radius 3 is 2.96 bits per heavy atom. The minimum Gasteiger partial charge on any atom is -0.367 e. The highest BCUT2D eigenvalue weighted by atomic mass is 35.5. The molecule has 1 aliphatic heterocycles. The van der Waals surface area contributed by atoms with Gasteiger partial charge in [-0.1, -0.05) is 18.2 Å². The Morgan fingerprint density at radius 1 is 1.46 bits per heavy atom. The number of nitrogens with one attached hydrogen (secondary N) is 2. The number of aryl methyl sites for hydroxylation is 1. The van der Waals surface area contributed by atoms with Gasteiger partial charge in [0.15, 0.2) is 5.82 Å². The maximum atomic E-state index is 12.1. The molecule has 0 aromatic carbocycles. The van der Waals surface area contributed by atoms with Crippen molar-refractivity contribution in [2.45, 2.75) is 18.9 Å². The van der Waals surface area contributed by atoms with Gasteiger partial charge in [-0.15, -0.1) is 0 Å². The molecule has 0 unspecified atom stereocenters. The molecule has 140 valence electrons. The Labute approximate surface area is 157 Å². The van der Waals surface area contributed by atoms with Crippen LogP contribution < -0.4 is 10.6 Å². The highest BCUT2D eigenvalue weighted by Gasteiger charge is 2.32. The second kappa shape index (κ2) is 7.60. The van der Waals surface area contributed by atoms with Crippen molar-refractivity contribution < 1.29 is 8.42 Å². The molecule has 3 rings (SSSR count). The highest BCUT2D eigenvalue weighted by Crippen LogP contribution is 2.25. The van der Waals surface area contributed by atoms with Crippen LogP contribution in [0, 0.1) is 0 Å². The molecule has 0 bridgehead atoms. The molecule has 0 saturated carbocycles. The van der Waals surface area contributed by atoms with Crippen molar-refractivity contribution in [2.24, 2.45) is 7.05 Å². The lowest BCUT2D eigenvalue weighted by molar-refractivity contribution is 0.404. The van der Waals surface area contributed by atoms with Crippen LogP contribution in [0.1, 0.15) is 12.8 Å². The second-order valence-corrected chi connectivity index (χ2v) is 8.16. The highest BCUT2D eigenvalue weighted by molar-refractivity contribution is 7.92. The smallest absolute Gasteiger partial charge is 0.235 e. The summed E-state index contributed by atoms with van der Waals surface area (Å²) < 4.78 is 27.2. The average molecular weight is 398 g/mol. The lowest BCUT2D eigenvalue weighted by Crippen LogP contribution is -2.38. The summed E-state index contributed by atoms with van der Waals surface area (Å²) >= 11 is 6.16. The van der Waals surface area contributed by atoms with Crippen molar-refractivity contribution >= 4 is 39.1 Å². The molecule has 0 amide bonds. The normalized spacial score (nSPS) is 18.0. The summed E-state index contributed by atoms with van der Waals surface area (Å²) in [6.07, 6.45) is 6.51. The van der Waals surface area contributed by atoms with Crippen LogP contribution in [-0.4, -0.2) is 51.6 Å². The zero-order valence-electron chi connectivity index (χ0n) is 14.3. The fraction of sp³-hybridized carbons (Fsp3) is 0.400. The van der Waals surface area contributed by atoms with Crippen LogP contribution in [0.2, 0.25) is 5.02 Å². The first-order valence-electron chi connectivity index (χ1n) is 8.05. The van der Waals surface area contributed by atoms with Crippen LogP contribution in [0.4, 0.5) is 17.5 Å². The molecule has 2 aromatic heterocycles. The first kappa shape index (κ1) is 18.6. The Kier molecular flexibility index (Phi) is 5.44. The van der Waals surface area contributed by atoms with Crippen molar-refractivity contribution in [3.63, 3.8) is 0 Å². The van der Waals surface area contributed by atoms with Gasteiger partial charge in [-0.25, -0.2) is 13.4 Å². The third kappa shape index (κ3) is 4.14. The number of sulfonamides is 1. The number of nitrogens with zero attached hydrogens (tertiary/aromatic N) is 5. The standard InChI is InChI=1S/C15H20ClN7O2S/c1-3-26(24,25)23-6-4-5-12(23)8-17-14-13(16)9-18-15(21-14)20-11-7-19-22(2)10-11/h3,7,9-10,12H,1,4-6,8H2,2H3,(H2,17,18,20,21)/t12-/m0/s1. The number of anilines is 3. The van der Waals surface area contributed by atoms with E-state index in [0.29, 0.717) is 29.9 Å². The monoisotopic (exact) mass is 397 g/mol. The van der Waals surface area contributed by atoms with E-state index in [-0.39, 0.29) is 6.04 Å². The van der Waals surface area contributed by atoms with Crippen LogP contribution in [0.5, 0.6) is 0 Å². The minimum atomic E-state index is -3.44. The third-order valence-electron chi connectivity index (χ3n) is 4.07. The van der Waals surface area contributed by atoms with Gasteiger partial charge in [-0.2, -0.15) is 14.4 Å². The number of hydrogen-bond donors (Lipinski definition) is 2. The molecule has 2 aromatic rings. The molecule has 2 N–H and O–H groups in total. The Hall–Kier alpha value is -2.17. The van der Waals surface area contributed by atoms with Gasteiger partial charge in [0.05, 0.1) is 18.1 Å². The van der Waals surface area contributed by atoms with Crippen molar-refractivity contribution in [1.82, 2.24) is 24.1 Å². The molecule has 0 radical (unpaired) electrons. The van der Waals surface area contributed by atoms with Gasteiger partial charge >= 0.3 is 0 Å². The number of rotatable bonds is 7. The number of aromatic nitrogens is 4. The molecule has 26 heavy (non-hydrogen) atoms. The molecular formula is C15H20ClN7O2S. The molecule has 3 heterocycles. The van der Waals surface area contributed by atoms with Gasteiger partial charge in [0.2, 0.25) is 16.0 Å². The Bertz CT molecular complexity index is 899. The quantitative estimate of drug-likeness (QED) is 0.735. The number of hydrogen-bond acceptors (Lipinski definition) is 7. The lowest BCUT2D eigenvalue weighted by atomic mass is 10.2. The lowest BCUT2D eigenvalue weighted by Gasteiger charge is -2.23. The van der Waals surface area contributed by atoms with Crippen LogP contribution in [-0.2, 0) is 17.1 Å². The molecule has 0 spiro atoms. The molecule has 1 atom stereocenters. The summed E-state index contributed by atoms with van der Waals surface area (Å²) in [4.78, 5) is 8.49. The SMILES string of the molecule is C=CS(=O)(=O)N1CCC[C@H]1CNc1nc(Nc2cnn(C)c2)ncc1Cl. The van der Waals surface area contributed by atoms with Crippen LogP contribution in [0.3, 0.4) is 0 Å². The van der Waals surface area contributed by atoms with Crippen LogP contribution in [0.15, 0.2) is 30.6 Å². The average Bonchev–Trinajstić information content (AvgIpc) is 3.24. The second-order valence-electron chi connectivity index (χ2n) is 5.92. The van der Waals surface area contributed by atoms with Gasteiger partial charge in [-0.05, 0) is 12.8 Å². The molecule has 9 nitrogen and oxygen atoms in total. The third-order valence-corrected chi connectivity index (χ3v) is 5.90. The summed E-state index contributed by atoms with van der Waals surface area (Å²) in [6.45, 7) is 4.28. The summed E-state index contributed by atoms with van der Waals surface area (Å²) in [5, 5.41) is 11.6. The predicted molar refractivity (Wildman–Crippen MR) is 101 cm³/mol. The first-order valence-corrected chi connectivity index (χ1v) is 9.93. The van der Waals surface area contributed by atoms with Gasteiger partial charge in [-0.3, -0.25) is 4.68 Å². The van der Waals surface area contributed by atoms with E-state index in [0.717, 1.165) is 23.9 Å². The topological polar surface area (TPSA) is 105 Å². The van der Waals surface area contributed by atoms with Crippen molar-refractivity contribution in [3.05, 3.63) is 35.6 Å². The molecule has 1 aliphatic rings. The minimum absolute atomic E-state index is 0.168. The van der Waals surface area contributed by atoms with Gasteiger partial charge in [0.25, 0.3) is 0 Å². The molecule has 1 saturated heterocycles. The Balaban J connectivity index is 1.69. The maximum Gasteiger partial charge on any atom is 0.235 e. The van der Waals surface area contributed by atoms with E-state index in [1.54, 1.807) is 17.1 Å². The molecule has 1 fully saturated rings.